The number of allylic oxidation sites excluding steroid dienone is 2. The molecular formula is C20H29BrN6O3. The fourth-order valence-corrected chi connectivity index (χ4v) is 3.18. The summed E-state index contributed by atoms with van der Waals surface area (Å²) in [7, 11) is 1.00. The molecule has 0 aromatic carbocycles. The molecule has 1 aliphatic carbocycles. The quantitative estimate of drug-likeness (QED) is 0.304. The lowest BCUT2D eigenvalue weighted by atomic mass is 9.96. The van der Waals surface area contributed by atoms with Gasteiger partial charge in [0.25, 0.3) is 0 Å². The van der Waals surface area contributed by atoms with Gasteiger partial charge in [0, 0.05) is 24.4 Å². The fourth-order valence-electron chi connectivity index (χ4n) is 2.91. The highest BCUT2D eigenvalue weighted by Gasteiger charge is 2.25. The first-order valence-electron chi connectivity index (χ1n) is 9.40. The summed E-state index contributed by atoms with van der Waals surface area (Å²) in [4.78, 5) is 20.7. The van der Waals surface area contributed by atoms with Gasteiger partial charge in [0.2, 0.25) is 0 Å². The normalized spacial score (nSPS) is 20.1. The van der Waals surface area contributed by atoms with Crippen LogP contribution in [0.25, 0.3) is 0 Å². The number of nitrogens with zero attached hydrogens (tertiary/aromatic N) is 4. The molecule has 0 spiro atoms. The Kier molecular flexibility index (Phi) is 11.4. The van der Waals surface area contributed by atoms with Crippen molar-refractivity contribution >= 4 is 41.3 Å². The summed E-state index contributed by atoms with van der Waals surface area (Å²) in [6, 6.07) is 0.259. The Bertz CT molecular complexity index is 763. The molecule has 1 heterocycles. The molecule has 1 amide bonds. The third kappa shape index (κ3) is 7.60. The Hall–Kier alpha value is -2.72. The number of alkyl carbamates (subject to hydrolysis) is 1. The van der Waals surface area contributed by atoms with E-state index in [9.17, 15) is 4.79 Å². The van der Waals surface area contributed by atoms with Gasteiger partial charge in [-0.05, 0) is 32.6 Å². The van der Waals surface area contributed by atoms with Crippen molar-refractivity contribution in [3.05, 3.63) is 46.8 Å². The number of hydrogen-bond donors (Lipinski definition) is 3. The van der Waals surface area contributed by atoms with Crippen LogP contribution in [0.15, 0.2) is 61.9 Å². The van der Waals surface area contributed by atoms with Crippen LogP contribution in [0.4, 0.5) is 4.79 Å². The van der Waals surface area contributed by atoms with Crippen LogP contribution in [0, 0.1) is 0 Å². The van der Waals surface area contributed by atoms with Crippen LogP contribution in [0.2, 0.25) is 0 Å². The van der Waals surface area contributed by atoms with Gasteiger partial charge in [0.15, 0.2) is 0 Å². The Morgan fingerprint density at radius 3 is 2.57 bits per heavy atom. The number of aliphatic hydroxyl groups is 1. The number of nitrogens with one attached hydrogen (secondary N) is 2. The number of carbonyl (C=O) groups excluding carboxylic acids is 1. The predicted octanol–water partition coefficient (Wildman–Crippen LogP) is 3.73. The summed E-state index contributed by atoms with van der Waals surface area (Å²) in [5, 5.41) is 18.3. The predicted molar refractivity (Wildman–Crippen MR) is 124 cm³/mol. The SMILES string of the molecule is C=C/C(=C\N=C)OC(=O)NC1=CC(=NC2CCCCC2)N/C(=C(/C)Br)N1N=C.CO. The number of halogens is 1. The van der Waals surface area contributed by atoms with Crippen LogP contribution >= 0.6 is 15.9 Å². The number of ether oxygens (including phenoxy) is 1. The molecule has 1 saturated carbocycles. The summed E-state index contributed by atoms with van der Waals surface area (Å²) in [6.07, 6.45) is 9.35. The molecule has 1 aliphatic heterocycles. The van der Waals surface area contributed by atoms with Crippen molar-refractivity contribution in [3.63, 3.8) is 0 Å². The van der Waals surface area contributed by atoms with Crippen LogP contribution in [-0.2, 0) is 4.74 Å². The van der Waals surface area contributed by atoms with Crippen LogP contribution in [-0.4, -0.2) is 48.6 Å². The van der Waals surface area contributed by atoms with E-state index in [-0.39, 0.29) is 11.8 Å². The molecule has 10 heteroatoms. The highest BCUT2D eigenvalue weighted by Crippen LogP contribution is 2.24. The minimum atomic E-state index is -0.722. The van der Waals surface area contributed by atoms with Gasteiger partial charge >= 0.3 is 6.09 Å². The molecule has 0 atom stereocenters. The smallest absolute Gasteiger partial charge is 0.408 e. The summed E-state index contributed by atoms with van der Waals surface area (Å²) in [5.74, 6) is 1.78. The van der Waals surface area contributed by atoms with Crippen molar-refractivity contribution < 1.29 is 14.6 Å². The fraction of sp³-hybridized carbons (Fsp3) is 0.400. The second-order valence-corrected chi connectivity index (χ2v) is 7.42. The van der Waals surface area contributed by atoms with Gasteiger partial charge in [-0.1, -0.05) is 41.8 Å². The second kappa shape index (κ2) is 13.5. The van der Waals surface area contributed by atoms with Gasteiger partial charge in [-0.3, -0.25) is 15.3 Å². The van der Waals surface area contributed by atoms with E-state index < -0.39 is 6.09 Å². The van der Waals surface area contributed by atoms with Gasteiger partial charge < -0.3 is 15.2 Å². The average molecular weight is 481 g/mol. The highest BCUT2D eigenvalue weighted by molar-refractivity contribution is 9.11. The maximum absolute atomic E-state index is 12.3. The van der Waals surface area contributed by atoms with E-state index in [0.717, 1.165) is 24.4 Å². The molecule has 164 valence electrons. The molecule has 1 fully saturated rings. The van der Waals surface area contributed by atoms with Gasteiger partial charge in [0.05, 0.1) is 12.2 Å². The lowest BCUT2D eigenvalue weighted by molar-refractivity contribution is 0.178. The minimum Gasteiger partial charge on any atom is -0.408 e. The van der Waals surface area contributed by atoms with Crippen molar-refractivity contribution in [2.24, 2.45) is 15.1 Å². The van der Waals surface area contributed by atoms with E-state index >= 15 is 0 Å². The molecule has 2 rings (SSSR count). The Balaban J connectivity index is 0.00000218. The summed E-state index contributed by atoms with van der Waals surface area (Å²) >= 11 is 3.46. The number of hydrazone groups is 1. The van der Waals surface area contributed by atoms with Crippen LogP contribution in [0.1, 0.15) is 39.0 Å². The van der Waals surface area contributed by atoms with Gasteiger partial charge in [-0.15, -0.1) is 0 Å². The van der Waals surface area contributed by atoms with Crippen LogP contribution in [0.5, 0.6) is 0 Å². The van der Waals surface area contributed by atoms with E-state index in [1.807, 2.05) is 6.92 Å². The van der Waals surface area contributed by atoms with Crippen molar-refractivity contribution in [3.8, 4) is 0 Å². The van der Waals surface area contributed by atoms with Crippen molar-refractivity contribution in [2.75, 3.05) is 7.11 Å². The lowest BCUT2D eigenvalue weighted by Gasteiger charge is -2.31. The standard InChI is InChI=1S/C19H25BrN6O2.CH4O/c1-5-15(12-21-3)28-19(27)25-17-11-16(23-14-9-7-6-8-10-14)24-18(13(2)20)26(17)22-4;1-2/h5,11-12,14H,1,3-4,6-10H2,2H3,(H,23,24)(H,25,27);2H,1H3/b15-12+,18-13+;. The average Bonchev–Trinajstić information content (AvgIpc) is 2.75. The maximum Gasteiger partial charge on any atom is 0.418 e. The molecular weight excluding hydrogens is 452 g/mol. The summed E-state index contributed by atoms with van der Waals surface area (Å²) in [6.45, 7) is 12.3. The number of aliphatic imine (C=N–C) groups is 2. The van der Waals surface area contributed by atoms with Crippen molar-refractivity contribution in [1.29, 1.82) is 0 Å². The van der Waals surface area contributed by atoms with E-state index in [2.05, 4.69) is 56.7 Å². The number of hydrogen-bond acceptors (Lipinski definition) is 7. The third-order valence-electron chi connectivity index (χ3n) is 4.18. The van der Waals surface area contributed by atoms with E-state index in [4.69, 9.17) is 14.8 Å². The zero-order valence-corrected chi connectivity index (χ0v) is 19.0. The number of amides is 1. The lowest BCUT2D eigenvalue weighted by Crippen LogP contribution is -2.43. The van der Waals surface area contributed by atoms with Gasteiger partial charge in [-0.2, -0.15) is 5.10 Å². The molecule has 0 saturated heterocycles. The first-order chi connectivity index (χ1) is 14.5. The molecule has 0 radical (unpaired) electrons. The molecule has 0 unspecified atom stereocenters. The number of aliphatic hydroxyl groups excluding tert-OH is 1. The third-order valence-corrected chi connectivity index (χ3v) is 4.56. The van der Waals surface area contributed by atoms with Crippen LogP contribution < -0.4 is 10.6 Å². The number of rotatable bonds is 6. The summed E-state index contributed by atoms with van der Waals surface area (Å²) in [5.41, 5.74) is 0. The zero-order chi connectivity index (χ0) is 22.5. The monoisotopic (exact) mass is 480 g/mol. The first-order valence-corrected chi connectivity index (χ1v) is 10.2. The highest BCUT2D eigenvalue weighted by atomic mass is 79.9. The maximum atomic E-state index is 12.3. The number of amidine groups is 1. The van der Waals surface area contributed by atoms with Gasteiger partial charge in [-0.25, -0.2) is 9.80 Å². The van der Waals surface area contributed by atoms with Crippen LogP contribution in [0.3, 0.4) is 0 Å². The second-order valence-electron chi connectivity index (χ2n) is 6.23. The molecule has 0 aromatic heterocycles. The van der Waals surface area contributed by atoms with E-state index in [0.29, 0.717) is 17.5 Å². The minimum absolute atomic E-state index is 0.170. The Morgan fingerprint density at radius 1 is 1.37 bits per heavy atom. The molecule has 0 bridgehead atoms. The van der Waals surface area contributed by atoms with Crippen molar-refractivity contribution in [2.45, 2.75) is 45.1 Å². The summed E-state index contributed by atoms with van der Waals surface area (Å²) < 4.78 is 5.94. The zero-order valence-electron chi connectivity index (χ0n) is 17.4. The largest absolute Gasteiger partial charge is 0.418 e. The van der Waals surface area contributed by atoms with Gasteiger partial charge in [0.1, 0.15) is 23.2 Å². The first kappa shape index (κ1) is 25.3. The van der Waals surface area contributed by atoms with E-state index in [1.165, 1.54) is 36.5 Å². The Labute approximate surface area is 185 Å². The van der Waals surface area contributed by atoms with Crippen molar-refractivity contribution in [1.82, 2.24) is 15.6 Å². The molecule has 3 N–H and O–H groups in total. The molecule has 0 aromatic rings. The molecule has 2 aliphatic rings. The van der Waals surface area contributed by atoms with E-state index in [1.54, 1.807) is 6.08 Å². The topological polar surface area (TPSA) is 111 Å². The molecule has 30 heavy (non-hydrogen) atoms. The number of carbonyl (C=O) groups is 1. The Morgan fingerprint density at radius 2 is 2.03 bits per heavy atom. The molecule has 9 nitrogen and oxygen atoms in total.